The molecule has 0 fully saturated rings. The second-order valence-electron chi connectivity index (χ2n) is 3.74. The summed E-state index contributed by atoms with van der Waals surface area (Å²) in [7, 11) is 0. The van der Waals surface area contributed by atoms with Gasteiger partial charge in [0, 0.05) is 19.5 Å². The monoisotopic (exact) mass is 188 g/mol. The van der Waals surface area contributed by atoms with Crippen molar-refractivity contribution >= 4 is 5.84 Å². The summed E-state index contributed by atoms with van der Waals surface area (Å²) in [4.78, 5) is 2.17. The minimum Gasteiger partial charge on any atom is -0.356 e. The number of nitrogens with one attached hydrogen (secondary N) is 1. The highest BCUT2D eigenvalue weighted by molar-refractivity contribution is 5.79. The highest BCUT2D eigenvalue weighted by Gasteiger charge is 2.16. The lowest BCUT2D eigenvalue weighted by Crippen LogP contribution is -2.34. The van der Waals surface area contributed by atoms with Crippen molar-refractivity contribution in [2.24, 2.45) is 0 Å². The fourth-order valence-corrected chi connectivity index (χ4v) is 1.95. The third-order valence-corrected chi connectivity index (χ3v) is 2.85. The quantitative estimate of drug-likeness (QED) is 0.532. The Morgan fingerprint density at radius 3 is 2.79 bits per heavy atom. The molecule has 0 spiro atoms. The minimum absolute atomic E-state index is 0.763. The molecule has 1 aromatic rings. The van der Waals surface area contributed by atoms with Crippen molar-refractivity contribution in [2.75, 3.05) is 6.54 Å². The maximum absolute atomic E-state index is 7.80. The number of rotatable bonds is 1. The van der Waals surface area contributed by atoms with Crippen LogP contribution < -0.4 is 0 Å². The lowest BCUT2D eigenvalue weighted by molar-refractivity contribution is 0.384. The van der Waals surface area contributed by atoms with Crippen molar-refractivity contribution in [3.63, 3.8) is 0 Å². The molecule has 2 nitrogen and oxygen atoms in total. The Labute approximate surface area is 85.1 Å². The molecule has 0 amide bonds. The fourth-order valence-electron chi connectivity index (χ4n) is 1.95. The number of amidine groups is 1. The third-order valence-electron chi connectivity index (χ3n) is 2.85. The largest absolute Gasteiger partial charge is 0.356 e. The number of hydrogen-bond donors (Lipinski definition) is 1. The van der Waals surface area contributed by atoms with E-state index in [9.17, 15) is 0 Å². The predicted molar refractivity (Wildman–Crippen MR) is 58.6 cm³/mol. The molecule has 0 saturated carbocycles. The van der Waals surface area contributed by atoms with E-state index < -0.39 is 0 Å². The highest BCUT2D eigenvalue weighted by Crippen LogP contribution is 2.18. The van der Waals surface area contributed by atoms with E-state index in [1.165, 1.54) is 11.1 Å². The van der Waals surface area contributed by atoms with Crippen molar-refractivity contribution in [1.29, 1.82) is 5.41 Å². The van der Waals surface area contributed by atoms with Gasteiger partial charge in [0.25, 0.3) is 0 Å². The summed E-state index contributed by atoms with van der Waals surface area (Å²) in [5.74, 6) is 0.763. The van der Waals surface area contributed by atoms with Gasteiger partial charge in [0.2, 0.25) is 0 Å². The molecule has 0 aromatic heterocycles. The van der Waals surface area contributed by atoms with Crippen LogP contribution in [-0.2, 0) is 13.0 Å². The standard InChI is InChI=1S/C12H16N2/c1-2-12(13)14-8-7-10-5-3-4-6-11(10)9-14/h3-6,13H,2,7-9H2,1H3. The van der Waals surface area contributed by atoms with Crippen molar-refractivity contribution in [2.45, 2.75) is 26.3 Å². The molecule has 0 saturated heterocycles. The molecule has 2 rings (SSSR count). The summed E-state index contributed by atoms with van der Waals surface area (Å²) in [5, 5.41) is 7.80. The van der Waals surface area contributed by atoms with E-state index in [0.29, 0.717) is 0 Å². The van der Waals surface area contributed by atoms with E-state index >= 15 is 0 Å². The first-order valence-electron chi connectivity index (χ1n) is 5.20. The minimum atomic E-state index is 0.763. The zero-order chi connectivity index (χ0) is 9.97. The summed E-state index contributed by atoms with van der Waals surface area (Å²) in [6, 6.07) is 8.55. The van der Waals surface area contributed by atoms with Crippen molar-refractivity contribution in [1.82, 2.24) is 4.90 Å². The molecule has 1 heterocycles. The maximum Gasteiger partial charge on any atom is 0.0957 e. The second-order valence-corrected chi connectivity index (χ2v) is 3.74. The van der Waals surface area contributed by atoms with Gasteiger partial charge in [-0.05, 0) is 17.5 Å². The molecule has 0 aliphatic carbocycles. The van der Waals surface area contributed by atoms with Crippen molar-refractivity contribution in [3.05, 3.63) is 35.4 Å². The molecule has 0 unspecified atom stereocenters. The molecule has 2 heteroatoms. The first-order valence-corrected chi connectivity index (χ1v) is 5.20. The number of hydrogen-bond acceptors (Lipinski definition) is 1. The summed E-state index contributed by atoms with van der Waals surface area (Å²) in [6.45, 7) is 3.97. The summed E-state index contributed by atoms with van der Waals surface area (Å²) >= 11 is 0. The van der Waals surface area contributed by atoms with E-state index in [0.717, 1.165) is 31.8 Å². The smallest absolute Gasteiger partial charge is 0.0957 e. The first kappa shape index (κ1) is 9.25. The topological polar surface area (TPSA) is 27.1 Å². The van der Waals surface area contributed by atoms with E-state index in [-0.39, 0.29) is 0 Å². The Morgan fingerprint density at radius 2 is 2.07 bits per heavy atom. The molecule has 0 bridgehead atoms. The van der Waals surface area contributed by atoms with Gasteiger partial charge in [-0.3, -0.25) is 5.41 Å². The number of fused-ring (bicyclic) bond motifs is 1. The predicted octanol–water partition coefficient (Wildman–Crippen LogP) is 2.43. The summed E-state index contributed by atoms with van der Waals surface area (Å²) in [5.41, 5.74) is 2.84. The van der Waals surface area contributed by atoms with Crippen LogP contribution in [0.1, 0.15) is 24.5 Å². The Hall–Kier alpha value is -1.31. The zero-order valence-electron chi connectivity index (χ0n) is 8.59. The molecule has 74 valence electrons. The molecule has 14 heavy (non-hydrogen) atoms. The lowest BCUT2D eigenvalue weighted by Gasteiger charge is -2.30. The molecule has 0 atom stereocenters. The lowest BCUT2D eigenvalue weighted by atomic mass is 10.00. The van der Waals surface area contributed by atoms with Gasteiger partial charge in [-0.15, -0.1) is 0 Å². The average Bonchev–Trinajstić information content (AvgIpc) is 2.27. The van der Waals surface area contributed by atoms with Crippen LogP contribution in [0.15, 0.2) is 24.3 Å². The highest BCUT2D eigenvalue weighted by atomic mass is 15.2. The number of benzene rings is 1. The molecule has 1 N–H and O–H groups in total. The normalized spacial score (nSPS) is 15.1. The Kier molecular flexibility index (Phi) is 2.53. The van der Waals surface area contributed by atoms with E-state index in [4.69, 9.17) is 5.41 Å². The van der Waals surface area contributed by atoms with Gasteiger partial charge in [0.05, 0.1) is 5.84 Å². The van der Waals surface area contributed by atoms with Gasteiger partial charge in [0.15, 0.2) is 0 Å². The van der Waals surface area contributed by atoms with Gasteiger partial charge < -0.3 is 4.90 Å². The second kappa shape index (κ2) is 3.82. The third kappa shape index (κ3) is 1.65. The van der Waals surface area contributed by atoms with Crippen LogP contribution in [0.25, 0.3) is 0 Å². The zero-order valence-corrected chi connectivity index (χ0v) is 8.59. The molecule has 1 aliphatic rings. The van der Waals surface area contributed by atoms with Crippen LogP contribution in [0.5, 0.6) is 0 Å². The van der Waals surface area contributed by atoms with E-state index in [1.807, 2.05) is 6.92 Å². The Balaban J connectivity index is 2.17. The summed E-state index contributed by atoms with van der Waals surface area (Å²) in [6.07, 6.45) is 1.92. The van der Waals surface area contributed by atoms with Crippen molar-refractivity contribution < 1.29 is 0 Å². The Morgan fingerprint density at radius 1 is 1.36 bits per heavy atom. The van der Waals surface area contributed by atoms with Gasteiger partial charge in [-0.2, -0.15) is 0 Å². The first-order chi connectivity index (χ1) is 6.81. The van der Waals surface area contributed by atoms with Crippen LogP contribution >= 0.6 is 0 Å². The van der Waals surface area contributed by atoms with Crippen LogP contribution in [0.3, 0.4) is 0 Å². The van der Waals surface area contributed by atoms with Crippen LogP contribution in [0.4, 0.5) is 0 Å². The van der Waals surface area contributed by atoms with Crippen molar-refractivity contribution in [3.8, 4) is 0 Å². The van der Waals surface area contributed by atoms with Gasteiger partial charge >= 0.3 is 0 Å². The SMILES string of the molecule is CCC(=N)N1CCc2ccccc2C1. The number of nitrogens with zero attached hydrogens (tertiary/aromatic N) is 1. The van der Waals surface area contributed by atoms with E-state index in [1.54, 1.807) is 0 Å². The van der Waals surface area contributed by atoms with E-state index in [2.05, 4.69) is 29.2 Å². The Bertz CT molecular complexity index is 344. The molecule has 1 aliphatic heterocycles. The van der Waals surface area contributed by atoms with Crippen LogP contribution in [-0.4, -0.2) is 17.3 Å². The molecular weight excluding hydrogens is 172 g/mol. The summed E-state index contributed by atoms with van der Waals surface area (Å²) < 4.78 is 0. The molecule has 1 aromatic carbocycles. The maximum atomic E-state index is 7.80. The van der Waals surface area contributed by atoms with Gasteiger partial charge in [-0.1, -0.05) is 31.2 Å². The molecule has 0 radical (unpaired) electrons. The van der Waals surface area contributed by atoms with Gasteiger partial charge in [-0.25, -0.2) is 0 Å². The fraction of sp³-hybridized carbons (Fsp3) is 0.417. The van der Waals surface area contributed by atoms with Crippen LogP contribution in [0.2, 0.25) is 0 Å². The molecular formula is C12H16N2. The van der Waals surface area contributed by atoms with Gasteiger partial charge in [0.1, 0.15) is 0 Å². The average molecular weight is 188 g/mol. The van der Waals surface area contributed by atoms with Crippen LogP contribution in [0, 0.1) is 5.41 Å².